The maximum atomic E-state index is 12.6. The number of nitrogens with zero attached hydrogens (tertiary/aromatic N) is 1. The van der Waals surface area contributed by atoms with Gasteiger partial charge in [0.05, 0.1) is 5.69 Å². The Hall–Kier alpha value is -1.83. The molecule has 0 unspecified atom stereocenters. The molecule has 1 aromatic heterocycles. The molecule has 0 fully saturated rings. The van der Waals surface area contributed by atoms with E-state index in [2.05, 4.69) is 47.5 Å². The number of carbonyl (C=O) groups is 1. The third-order valence-electron chi connectivity index (χ3n) is 3.60. The van der Waals surface area contributed by atoms with E-state index < -0.39 is 0 Å². The summed E-state index contributed by atoms with van der Waals surface area (Å²) in [5.41, 5.74) is 1.39. The van der Waals surface area contributed by atoms with Crippen LogP contribution in [0.1, 0.15) is 16.1 Å². The van der Waals surface area contributed by atoms with Gasteiger partial charge in [-0.2, -0.15) is 0 Å². The number of fused-ring (bicyclic) bond motifs is 1. The SMILES string of the molecule is Cc1nc(NC(=S)NC(=O)c2cccc3c(Br)cccc23)ccc1Br. The number of carbonyl (C=O) groups excluding carboxylic acids is 1. The van der Waals surface area contributed by atoms with E-state index in [9.17, 15) is 4.79 Å². The molecule has 25 heavy (non-hydrogen) atoms. The Bertz CT molecular complexity index is 991. The van der Waals surface area contributed by atoms with Crippen LogP contribution in [0.25, 0.3) is 10.8 Å². The number of aromatic nitrogens is 1. The smallest absolute Gasteiger partial charge is 0.258 e. The molecule has 0 aliphatic rings. The molecule has 0 aliphatic carbocycles. The first-order valence-corrected chi connectivity index (χ1v) is 9.38. The van der Waals surface area contributed by atoms with Crippen LogP contribution in [-0.2, 0) is 0 Å². The number of hydrogen-bond donors (Lipinski definition) is 2. The van der Waals surface area contributed by atoms with Crippen LogP contribution in [0.4, 0.5) is 5.82 Å². The van der Waals surface area contributed by atoms with Crippen LogP contribution in [-0.4, -0.2) is 16.0 Å². The van der Waals surface area contributed by atoms with Gasteiger partial charge in [-0.1, -0.05) is 40.2 Å². The van der Waals surface area contributed by atoms with Gasteiger partial charge < -0.3 is 5.32 Å². The average molecular weight is 479 g/mol. The fourth-order valence-corrected chi connectivity index (χ4v) is 3.32. The van der Waals surface area contributed by atoms with Gasteiger partial charge in [0.1, 0.15) is 5.82 Å². The molecule has 0 atom stereocenters. The van der Waals surface area contributed by atoms with Gasteiger partial charge in [-0.15, -0.1) is 0 Å². The van der Waals surface area contributed by atoms with Gasteiger partial charge in [-0.05, 0) is 70.1 Å². The fraction of sp³-hybridized carbons (Fsp3) is 0.0556. The third-order valence-corrected chi connectivity index (χ3v) is 5.34. The number of anilines is 1. The van der Waals surface area contributed by atoms with Crippen LogP contribution in [0.15, 0.2) is 57.5 Å². The monoisotopic (exact) mass is 477 g/mol. The van der Waals surface area contributed by atoms with Crippen molar-refractivity contribution in [2.45, 2.75) is 6.92 Å². The highest BCUT2D eigenvalue weighted by atomic mass is 79.9. The lowest BCUT2D eigenvalue weighted by Gasteiger charge is -2.11. The van der Waals surface area contributed by atoms with Crippen molar-refractivity contribution in [3.05, 3.63) is 68.7 Å². The highest BCUT2D eigenvalue weighted by molar-refractivity contribution is 9.11. The van der Waals surface area contributed by atoms with Crippen molar-refractivity contribution in [2.75, 3.05) is 5.32 Å². The molecular formula is C18H13Br2N3OS. The second-order valence-corrected chi connectivity index (χ2v) is 7.43. The third kappa shape index (κ3) is 4.05. The highest BCUT2D eigenvalue weighted by Crippen LogP contribution is 2.26. The van der Waals surface area contributed by atoms with E-state index in [0.29, 0.717) is 11.4 Å². The number of aryl methyl sites for hydroxylation is 1. The standard InChI is InChI=1S/C18H13Br2N3OS/c1-10-14(19)8-9-16(21-10)22-18(25)23-17(24)13-6-2-5-12-11(13)4-3-7-15(12)20/h2-9H,1H3,(H2,21,22,23,24,25). The number of hydrogen-bond acceptors (Lipinski definition) is 3. The van der Waals surface area contributed by atoms with Crippen molar-refractivity contribution in [1.29, 1.82) is 0 Å². The Morgan fingerprint density at radius 1 is 1.00 bits per heavy atom. The van der Waals surface area contributed by atoms with E-state index >= 15 is 0 Å². The van der Waals surface area contributed by atoms with Crippen molar-refractivity contribution in [1.82, 2.24) is 10.3 Å². The zero-order valence-corrected chi connectivity index (χ0v) is 17.1. The van der Waals surface area contributed by atoms with Gasteiger partial charge in [0.25, 0.3) is 5.91 Å². The van der Waals surface area contributed by atoms with Crippen LogP contribution in [0, 0.1) is 6.92 Å². The molecule has 1 heterocycles. The van der Waals surface area contributed by atoms with Gasteiger partial charge in [0.15, 0.2) is 5.11 Å². The largest absolute Gasteiger partial charge is 0.317 e. The van der Waals surface area contributed by atoms with E-state index in [4.69, 9.17) is 12.2 Å². The summed E-state index contributed by atoms with van der Waals surface area (Å²) in [7, 11) is 0. The predicted octanol–water partition coefficient (Wildman–Crippen LogP) is 5.20. The maximum Gasteiger partial charge on any atom is 0.258 e. The molecule has 2 aromatic carbocycles. The number of benzene rings is 2. The Balaban J connectivity index is 1.79. The molecule has 2 N–H and O–H groups in total. The van der Waals surface area contributed by atoms with Crippen LogP contribution in [0.5, 0.6) is 0 Å². The van der Waals surface area contributed by atoms with Crippen LogP contribution >= 0.6 is 44.1 Å². The van der Waals surface area contributed by atoms with Crippen LogP contribution < -0.4 is 10.6 Å². The lowest BCUT2D eigenvalue weighted by Crippen LogP contribution is -2.34. The van der Waals surface area contributed by atoms with E-state index in [1.807, 2.05) is 43.3 Å². The minimum Gasteiger partial charge on any atom is -0.317 e. The lowest BCUT2D eigenvalue weighted by molar-refractivity contribution is 0.0979. The summed E-state index contributed by atoms with van der Waals surface area (Å²) in [6.07, 6.45) is 0. The molecule has 0 saturated heterocycles. The van der Waals surface area contributed by atoms with Crippen molar-refractivity contribution in [3.63, 3.8) is 0 Å². The van der Waals surface area contributed by atoms with E-state index in [1.54, 1.807) is 12.1 Å². The van der Waals surface area contributed by atoms with Gasteiger partial charge >= 0.3 is 0 Å². The summed E-state index contributed by atoms with van der Waals surface area (Å²) in [5.74, 6) is 0.307. The van der Waals surface area contributed by atoms with Gasteiger partial charge in [-0.3, -0.25) is 10.1 Å². The molecule has 0 spiro atoms. The van der Waals surface area contributed by atoms with E-state index in [1.165, 1.54) is 0 Å². The number of rotatable bonds is 2. The molecule has 126 valence electrons. The first-order valence-electron chi connectivity index (χ1n) is 7.38. The average Bonchev–Trinajstić information content (AvgIpc) is 2.58. The molecule has 3 aromatic rings. The minimum absolute atomic E-state index is 0.200. The quantitative estimate of drug-likeness (QED) is 0.497. The zero-order valence-electron chi connectivity index (χ0n) is 13.1. The summed E-state index contributed by atoms with van der Waals surface area (Å²) >= 11 is 12.1. The first kappa shape index (κ1) is 18.0. The number of thiocarbonyl (C=S) groups is 1. The number of pyridine rings is 1. The van der Waals surface area contributed by atoms with Gasteiger partial charge in [0.2, 0.25) is 0 Å². The zero-order chi connectivity index (χ0) is 18.0. The Morgan fingerprint density at radius 3 is 2.48 bits per heavy atom. The highest BCUT2D eigenvalue weighted by Gasteiger charge is 2.13. The van der Waals surface area contributed by atoms with Gasteiger partial charge in [0, 0.05) is 14.5 Å². The van der Waals surface area contributed by atoms with E-state index in [-0.39, 0.29) is 11.0 Å². The molecule has 7 heteroatoms. The topological polar surface area (TPSA) is 54.0 Å². The molecule has 1 amide bonds. The van der Waals surface area contributed by atoms with Crippen molar-refractivity contribution in [2.24, 2.45) is 0 Å². The lowest BCUT2D eigenvalue weighted by atomic mass is 10.0. The predicted molar refractivity (Wildman–Crippen MR) is 112 cm³/mol. The normalized spacial score (nSPS) is 10.5. The fourth-order valence-electron chi connectivity index (χ4n) is 2.40. The molecule has 0 bridgehead atoms. The molecule has 3 rings (SSSR count). The second-order valence-electron chi connectivity index (χ2n) is 5.31. The van der Waals surface area contributed by atoms with Crippen molar-refractivity contribution < 1.29 is 4.79 Å². The Labute approximate surface area is 167 Å². The Morgan fingerprint density at radius 2 is 1.72 bits per heavy atom. The van der Waals surface area contributed by atoms with Gasteiger partial charge in [-0.25, -0.2) is 4.98 Å². The molecular weight excluding hydrogens is 466 g/mol. The number of halogens is 2. The summed E-state index contributed by atoms with van der Waals surface area (Å²) in [4.78, 5) is 17.0. The van der Waals surface area contributed by atoms with Crippen LogP contribution in [0.3, 0.4) is 0 Å². The van der Waals surface area contributed by atoms with E-state index in [0.717, 1.165) is 25.4 Å². The maximum absolute atomic E-state index is 12.6. The molecule has 0 saturated carbocycles. The Kier molecular flexibility index (Phi) is 5.46. The minimum atomic E-state index is -0.268. The molecule has 4 nitrogen and oxygen atoms in total. The number of nitrogens with one attached hydrogen (secondary N) is 2. The van der Waals surface area contributed by atoms with Crippen molar-refractivity contribution >= 4 is 71.7 Å². The van der Waals surface area contributed by atoms with Crippen molar-refractivity contribution in [3.8, 4) is 0 Å². The first-order chi connectivity index (χ1) is 12.0. The molecule has 0 aliphatic heterocycles. The summed E-state index contributed by atoms with van der Waals surface area (Å²) in [5, 5.41) is 7.66. The summed E-state index contributed by atoms with van der Waals surface area (Å²) < 4.78 is 1.85. The summed E-state index contributed by atoms with van der Waals surface area (Å²) in [6, 6.07) is 15.0. The number of amides is 1. The van der Waals surface area contributed by atoms with Crippen LogP contribution in [0.2, 0.25) is 0 Å². The second kappa shape index (κ2) is 7.59. The molecule has 0 radical (unpaired) electrons. The summed E-state index contributed by atoms with van der Waals surface area (Å²) in [6.45, 7) is 1.88.